The van der Waals surface area contributed by atoms with Crippen molar-refractivity contribution in [2.45, 2.75) is 19.1 Å². The van der Waals surface area contributed by atoms with Crippen LogP contribution in [0.15, 0.2) is 18.2 Å². The lowest BCUT2D eigenvalue weighted by molar-refractivity contribution is -0.159. The van der Waals surface area contributed by atoms with E-state index in [0.29, 0.717) is 6.07 Å². The first-order valence-electron chi connectivity index (χ1n) is 4.95. The molecule has 0 aliphatic rings. The van der Waals surface area contributed by atoms with E-state index in [1.807, 2.05) is 0 Å². The summed E-state index contributed by atoms with van der Waals surface area (Å²) >= 11 is 0. The molecule has 94 valence electrons. The Morgan fingerprint density at radius 3 is 2.53 bits per heavy atom. The summed E-state index contributed by atoms with van der Waals surface area (Å²) in [7, 11) is 0. The van der Waals surface area contributed by atoms with Crippen molar-refractivity contribution in [2.75, 3.05) is 6.61 Å². The maximum atomic E-state index is 12.9. The van der Waals surface area contributed by atoms with Gasteiger partial charge in [-0.3, -0.25) is 0 Å². The molecular formula is C11H12F2O4. The Morgan fingerprint density at radius 1 is 1.35 bits per heavy atom. The molecule has 0 saturated carbocycles. The van der Waals surface area contributed by atoms with Gasteiger partial charge in [0.25, 0.3) is 0 Å². The summed E-state index contributed by atoms with van der Waals surface area (Å²) in [6.45, 7) is 1.58. The van der Waals surface area contributed by atoms with Crippen LogP contribution in [-0.2, 0) is 9.53 Å². The van der Waals surface area contributed by atoms with E-state index >= 15 is 0 Å². The third-order valence-corrected chi connectivity index (χ3v) is 2.11. The van der Waals surface area contributed by atoms with Crippen LogP contribution in [0.3, 0.4) is 0 Å². The molecule has 4 nitrogen and oxygen atoms in total. The quantitative estimate of drug-likeness (QED) is 0.775. The molecule has 6 heteroatoms. The molecule has 0 aliphatic heterocycles. The van der Waals surface area contributed by atoms with Crippen molar-refractivity contribution in [3.8, 4) is 0 Å². The van der Waals surface area contributed by atoms with E-state index in [1.165, 1.54) is 6.92 Å². The van der Waals surface area contributed by atoms with E-state index in [4.69, 9.17) is 0 Å². The summed E-state index contributed by atoms with van der Waals surface area (Å²) in [6, 6.07) is 2.58. The van der Waals surface area contributed by atoms with Gasteiger partial charge in [0.1, 0.15) is 6.10 Å². The molecule has 17 heavy (non-hydrogen) atoms. The summed E-state index contributed by atoms with van der Waals surface area (Å²) in [4.78, 5) is 11.1. The maximum Gasteiger partial charge on any atom is 0.338 e. The van der Waals surface area contributed by atoms with Crippen LogP contribution in [0.5, 0.6) is 0 Å². The highest BCUT2D eigenvalue weighted by atomic mass is 19.2. The molecule has 2 unspecified atom stereocenters. The zero-order valence-corrected chi connectivity index (χ0v) is 9.06. The Bertz CT molecular complexity index is 408. The van der Waals surface area contributed by atoms with Gasteiger partial charge in [-0.2, -0.15) is 0 Å². The zero-order chi connectivity index (χ0) is 13.0. The Kier molecular flexibility index (Phi) is 4.53. The van der Waals surface area contributed by atoms with Crippen LogP contribution in [-0.4, -0.2) is 28.9 Å². The summed E-state index contributed by atoms with van der Waals surface area (Å²) < 4.78 is 30.0. The standard InChI is InChI=1S/C11H12F2O4/c1-2-17-11(16)10(15)9(14)6-3-4-7(12)8(13)5-6/h3-5,9-10,14-15H,2H2,1H3. The number of carbonyl (C=O) groups is 1. The molecule has 0 heterocycles. The smallest absolute Gasteiger partial charge is 0.338 e. The van der Waals surface area contributed by atoms with Crippen LogP contribution in [0, 0.1) is 11.6 Å². The predicted octanol–water partition coefficient (Wildman–Crippen LogP) is 0.922. The van der Waals surface area contributed by atoms with Crippen molar-refractivity contribution >= 4 is 5.97 Å². The SMILES string of the molecule is CCOC(=O)C(O)C(O)c1ccc(F)c(F)c1. The van der Waals surface area contributed by atoms with Gasteiger partial charge < -0.3 is 14.9 Å². The van der Waals surface area contributed by atoms with Gasteiger partial charge in [-0.05, 0) is 24.6 Å². The van der Waals surface area contributed by atoms with Crippen molar-refractivity contribution in [3.05, 3.63) is 35.4 Å². The lowest BCUT2D eigenvalue weighted by Gasteiger charge is -2.16. The van der Waals surface area contributed by atoms with Gasteiger partial charge in [-0.1, -0.05) is 6.07 Å². The number of hydrogen-bond acceptors (Lipinski definition) is 4. The average Bonchev–Trinajstić information content (AvgIpc) is 2.31. The largest absolute Gasteiger partial charge is 0.464 e. The second-order valence-corrected chi connectivity index (χ2v) is 3.32. The Hall–Kier alpha value is -1.53. The van der Waals surface area contributed by atoms with Crippen molar-refractivity contribution in [3.63, 3.8) is 0 Å². The number of aliphatic hydroxyl groups is 2. The summed E-state index contributed by atoms with van der Waals surface area (Å²) in [5.74, 6) is -3.27. The van der Waals surface area contributed by atoms with E-state index in [2.05, 4.69) is 4.74 Å². The summed E-state index contributed by atoms with van der Waals surface area (Å²) in [5.41, 5.74) is -0.107. The molecule has 2 N–H and O–H groups in total. The second kappa shape index (κ2) is 5.70. The van der Waals surface area contributed by atoms with Gasteiger partial charge in [0, 0.05) is 0 Å². The first-order chi connectivity index (χ1) is 7.97. The second-order valence-electron chi connectivity index (χ2n) is 3.32. The van der Waals surface area contributed by atoms with Gasteiger partial charge in [-0.15, -0.1) is 0 Å². The molecule has 1 rings (SSSR count). The summed E-state index contributed by atoms with van der Waals surface area (Å²) in [5, 5.41) is 19.0. The summed E-state index contributed by atoms with van der Waals surface area (Å²) in [6.07, 6.45) is -3.50. The number of carbonyl (C=O) groups excluding carboxylic acids is 1. The molecule has 0 saturated heterocycles. The third kappa shape index (κ3) is 3.21. The van der Waals surface area contributed by atoms with Crippen molar-refractivity contribution in [2.24, 2.45) is 0 Å². The molecule has 0 radical (unpaired) electrons. The zero-order valence-electron chi connectivity index (χ0n) is 9.06. The lowest BCUT2D eigenvalue weighted by Crippen LogP contribution is -2.30. The molecule has 2 atom stereocenters. The molecule has 0 aromatic heterocycles. The fourth-order valence-electron chi connectivity index (χ4n) is 1.24. The van der Waals surface area contributed by atoms with Crippen LogP contribution in [0.25, 0.3) is 0 Å². The van der Waals surface area contributed by atoms with Crippen LogP contribution < -0.4 is 0 Å². The molecule has 1 aromatic rings. The molecule has 0 amide bonds. The number of aliphatic hydroxyl groups excluding tert-OH is 2. The lowest BCUT2D eigenvalue weighted by atomic mass is 10.0. The van der Waals surface area contributed by atoms with E-state index in [9.17, 15) is 23.8 Å². The van der Waals surface area contributed by atoms with E-state index in [1.54, 1.807) is 0 Å². The van der Waals surface area contributed by atoms with Gasteiger partial charge in [0.2, 0.25) is 0 Å². The number of halogens is 2. The van der Waals surface area contributed by atoms with E-state index in [-0.39, 0.29) is 12.2 Å². The molecule has 0 aliphatic carbocycles. The van der Waals surface area contributed by atoms with Crippen LogP contribution in [0.1, 0.15) is 18.6 Å². The minimum atomic E-state index is -1.83. The molecule has 0 fully saturated rings. The van der Waals surface area contributed by atoms with Gasteiger partial charge in [-0.25, -0.2) is 13.6 Å². The minimum Gasteiger partial charge on any atom is -0.464 e. The minimum absolute atomic E-state index is 0.0421. The molecule has 0 bridgehead atoms. The highest BCUT2D eigenvalue weighted by Gasteiger charge is 2.27. The number of hydrogen-bond donors (Lipinski definition) is 2. The highest BCUT2D eigenvalue weighted by Crippen LogP contribution is 2.20. The number of rotatable bonds is 4. The number of esters is 1. The average molecular weight is 246 g/mol. The molecule has 1 aromatic carbocycles. The van der Waals surface area contributed by atoms with Crippen molar-refractivity contribution in [1.29, 1.82) is 0 Å². The van der Waals surface area contributed by atoms with Gasteiger partial charge >= 0.3 is 5.97 Å². The fraction of sp³-hybridized carbons (Fsp3) is 0.364. The van der Waals surface area contributed by atoms with Gasteiger partial charge in [0.15, 0.2) is 17.7 Å². The third-order valence-electron chi connectivity index (χ3n) is 2.11. The van der Waals surface area contributed by atoms with Gasteiger partial charge in [0.05, 0.1) is 6.61 Å². The fourth-order valence-corrected chi connectivity index (χ4v) is 1.24. The first-order valence-corrected chi connectivity index (χ1v) is 4.95. The Morgan fingerprint density at radius 2 is 2.00 bits per heavy atom. The molecule has 0 spiro atoms. The maximum absolute atomic E-state index is 12.9. The van der Waals surface area contributed by atoms with Crippen LogP contribution >= 0.6 is 0 Å². The van der Waals surface area contributed by atoms with Crippen LogP contribution in [0.2, 0.25) is 0 Å². The van der Waals surface area contributed by atoms with E-state index in [0.717, 1.165) is 12.1 Å². The Labute approximate surface area is 96.5 Å². The monoisotopic (exact) mass is 246 g/mol. The Balaban J connectivity index is 2.84. The molecular weight excluding hydrogens is 234 g/mol. The highest BCUT2D eigenvalue weighted by molar-refractivity contribution is 5.75. The van der Waals surface area contributed by atoms with E-state index < -0.39 is 29.8 Å². The number of benzene rings is 1. The van der Waals surface area contributed by atoms with Crippen LogP contribution in [0.4, 0.5) is 8.78 Å². The normalized spacial score (nSPS) is 14.2. The van der Waals surface area contributed by atoms with Crippen molar-refractivity contribution < 1.29 is 28.5 Å². The topological polar surface area (TPSA) is 66.8 Å². The van der Waals surface area contributed by atoms with Crippen molar-refractivity contribution in [1.82, 2.24) is 0 Å². The number of ether oxygens (including phenoxy) is 1. The first kappa shape index (κ1) is 13.5. The predicted molar refractivity (Wildman–Crippen MR) is 54.0 cm³/mol.